The summed E-state index contributed by atoms with van der Waals surface area (Å²) in [5.74, 6) is 1.22. The Hall–Kier alpha value is -2.74. The summed E-state index contributed by atoms with van der Waals surface area (Å²) in [4.78, 5) is 13.4. The Morgan fingerprint density at radius 3 is 2.24 bits per heavy atom. The van der Waals surface area contributed by atoms with Crippen molar-refractivity contribution in [2.24, 2.45) is 0 Å². The number of benzene rings is 2. The minimum Gasteiger partial charge on any atom is -0.497 e. The molecule has 0 aromatic heterocycles. The topological polar surface area (TPSA) is 84.9 Å². The van der Waals surface area contributed by atoms with Crippen LogP contribution >= 0.6 is 0 Å². The van der Waals surface area contributed by atoms with Crippen LogP contribution in [0.25, 0.3) is 0 Å². The normalized spacial score (nSPS) is 13.4. The second-order valence-electron chi connectivity index (χ2n) is 8.52. The van der Waals surface area contributed by atoms with Gasteiger partial charge in [0.1, 0.15) is 17.5 Å². The molecule has 0 bridgehead atoms. The van der Waals surface area contributed by atoms with Crippen molar-refractivity contribution in [3.8, 4) is 11.5 Å². The van der Waals surface area contributed by atoms with Crippen LogP contribution in [0.3, 0.4) is 0 Å². The number of amides is 1. The number of rotatable bonds is 10. The minimum atomic E-state index is -3.73. The predicted molar refractivity (Wildman–Crippen MR) is 133 cm³/mol. The largest absolute Gasteiger partial charge is 0.497 e. The number of carbonyl (C=O) groups is 1. The quantitative estimate of drug-likeness (QED) is 0.543. The lowest BCUT2D eigenvalue weighted by Gasteiger charge is -2.31. The van der Waals surface area contributed by atoms with Crippen molar-refractivity contribution in [1.82, 2.24) is 5.32 Å². The molecule has 1 amide bonds. The number of hydrogen-bond acceptors (Lipinski definition) is 5. The molecule has 2 aromatic carbocycles. The highest BCUT2D eigenvalue weighted by Crippen LogP contribution is 2.32. The molecule has 0 aliphatic rings. The van der Waals surface area contributed by atoms with Gasteiger partial charge in [0, 0.05) is 6.07 Å². The van der Waals surface area contributed by atoms with Crippen LogP contribution in [0.15, 0.2) is 36.4 Å². The van der Waals surface area contributed by atoms with E-state index in [4.69, 9.17) is 9.47 Å². The zero-order valence-corrected chi connectivity index (χ0v) is 21.6. The van der Waals surface area contributed by atoms with Gasteiger partial charge in [-0.05, 0) is 67.1 Å². The van der Waals surface area contributed by atoms with Crippen LogP contribution in [0.4, 0.5) is 5.69 Å². The summed E-state index contributed by atoms with van der Waals surface area (Å²) < 4.78 is 37.4. The molecule has 0 radical (unpaired) electrons. The Morgan fingerprint density at radius 1 is 1.06 bits per heavy atom. The van der Waals surface area contributed by atoms with Crippen molar-refractivity contribution < 1.29 is 22.7 Å². The molecule has 0 aliphatic carbocycles. The summed E-state index contributed by atoms with van der Waals surface area (Å²) >= 11 is 0. The van der Waals surface area contributed by atoms with Crippen molar-refractivity contribution in [2.45, 2.75) is 59.0 Å². The summed E-state index contributed by atoms with van der Waals surface area (Å²) in [5.41, 5.74) is 3.40. The summed E-state index contributed by atoms with van der Waals surface area (Å²) in [6.07, 6.45) is 1.41. The third-order valence-electron chi connectivity index (χ3n) is 5.70. The van der Waals surface area contributed by atoms with E-state index in [-0.39, 0.29) is 17.9 Å². The fraction of sp³-hybridized carbons (Fsp3) is 0.480. The van der Waals surface area contributed by atoms with E-state index in [2.05, 4.69) is 25.2 Å². The molecule has 0 saturated carbocycles. The molecule has 1 N–H and O–H groups in total. The van der Waals surface area contributed by atoms with Gasteiger partial charge >= 0.3 is 0 Å². The lowest BCUT2D eigenvalue weighted by atomic mass is 9.93. The lowest BCUT2D eigenvalue weighted by Crippen LogP contribution is -2.49. The van der Waals surface area contributed by atoms with E-state index in [0.29, 0.717) is 17.9 Å². The SMILES string of the molecule is CC[C@H](C(=O)N[C@@H](C)c1cc(C(C)C)c(OC)cc1C)N(c1cccc(OC)c1)S(C)(=O)=O. The molecule has 182 valence electrons. The zero-order valence-electron chi connectivity index (χ0n) is 20.8. The maximum absolute atomic E-state index is 13.4. The first kappa shape index (κ1) is 26.5. The molecule has 2 aromatic rings. The average Bonchev–Trinajstić information content (AvgIpc) is 2.75. The zero-order chi connectivity index (χ0) is 24.9. The Labute approximate surface area is 198 Å². The first-order valence-corrected chi connectivity index (χ1v) is 12.9. The molecule has 0 heterocycles. The average molecular weight is 477 g/mol. The number of ether oxygens (including phenoxy) is 2. The Bertz CT molecular complexity index is 1080. The highest BCUT2D eigenvalue weighted by molar-refractivity contribution is 7.92. The standard InChI is InChI=1S/C25H36N2O5S/c1-9-23(27(33(8,29)30)19-11-10-12-20(14-19)31-6)25(28)26-18(5)22-15-21(16(2)3)24(32-7)13-17(22)4/h10-16,18,23H,9H2,1-8H3,(H,26,28)/t18-,23+/m0/s1. The number of methoxy groups -OCH3 is 2. The monoisotopic (exact) mass is 476 g/mol. The highest BCUT2D eigenvalue weighted by Gasteiger charge is 2.32. The van der Waals surface area contributed by atoms with Gasteiger partial charge in [-0.2, -0.15) is 0 Å². The van der Waals surface area contributed by atoms with E-state index < -0.39 is 16.1 Å². The Morgan fingerprint density at radius 2 is 1.73 bits per heavy atom. The molecule has 33 heavy (non-hydrogen) atoms. The molecule has 0 saturated heterocycles. The fourth-order valence-corrected chi connectivity index (χ4v) is 5.21. The van der Waals surface area contributed by atoms with Crippen molar-refractivity contribution in [2.75, 3.05) is 24.8 Å². The summed E-state index contributed by atoms with van der Waals surface area (Å²) in [5, 5.41) is 3.03. The van der Waals surface area contributed by atoms with E-state index in [1.807, 2.05) is 19.9 Å². The lowest BCUT2D eigenvalue weighted by molar-refractivity contribution is -0.122. The first-order chi connectivity index (χ1) is 15.4. The molecule has 0 aliphatic heterocycles. The number of aryl methyl sites for hydroxylation is 1. The molecular weight excluding hydrogens is 440 g/mol. The third-order valence-corrected chi connectivity index (χ3v) is 6.88. The van der Waals surface area contributed by atoms with Crippen molar-refractivity contribution in [1.29, 1.82) is 0 Å². The number of nitrogens with zero attached hydrogens (tertiary/aromatic N) is 1. The Kier molecular flexibility index (Phi) is 8.77. The molecular formula is C25H36N2O5S. The maximum atomic E-state index is 13.4. The maximum Gasteiger partial charge on any atom is 0.244 e. The van der Waals surface area contributed by atoms with Crippen LogP contribution in [-0.2, 0) is 14.8 Å². The van der Waals surface area contributed by atoms with Gasteiger partial charge in [-0.15, -0.1) is 0 Å². The second-order valence-corrected chi connectivity index (χ2v) is 10.4. The van der Waals surface area contributed by atoms with E-state index in [1.54, 1.807) is 38.3 Å². The van der Waals surface area contributed by atoms with Gasteiger partial charge in [-0.1, -0.05) is 26.8 Å². The smallest absolute Gasteiger partial charge is 0.244 e. The van der Waals surface area contributed by atoms with Crippen LogP contribution in [0.5, 0.6) is 11.5 Å². The van der Waals surface area contributed by atoms with Crippen molar-refractivity contribution >= 4 is 21.6 Å². The van der Waals surface area contributed by atoms with Crippen LogP contribution in [-0.4, -0.2) is 40.8 Å². The highest BCUT2D eigenvalue weighted by atomic mass is 32.2. The molecule has 0 spiro atoms. The van der Waals surface area contributed by atoms with E-state index >= 15 is 0 Å². The Balaban J connectivity index is 2.40. The number of carbonyl (C=O) groups excluding carboxylic acids is 1. The number of sulfonamides is 1. The van der Waals surface area contributed by atoms with Gasteiger partial charge in [0.05, 0.1) is 32.2 Å². The van der Waals surface area contributed by atoms with E-state index in [0.717, 1.165) is 33.0 Å². The van der Waals surface area contributed by atoms with Gasteiger partial charge in [-0.3, -0.25) is 9.10 Å². The van der Waals surface area contributed by atoms with Gasteiger partial charge in [-0.25, -0.2) is 8.42 Å². The van der Waals surface area contributed by atoms with Crippen LogP contribution in [0, 0.1) is 6.92 Å². The molecule has 0 fully saturated rings. The van der Waals surface area contributed by atoms with Gasteiger partial charge in [0.15, 0.2) is 0 Å². The number of anilines is 1. The molecule has 2 rings (SSSR count). The molecule has 7 nitrogen and oxygen atoms in total. The summed E-state index contributed by atoms with van der Waals surface area (Å²) in [6.45, 7) is 9.85. The van der Waals surface area contributed by atoms with Gasteiger partial charge < -0.3 is 14.8 Å². The van der Waals surface area contributed by atoms with Crippen LogP contribution in [0.1, 0.15) is 62.8 Å². The summed E-state index contributed by atoms with van der Waals surface area (Å²) in [6, 6.07) is 9.51. The van der Waals surface area contributed by atoms with Crippen LogP contribution in [0.2, 0.25) is 0 Å². The van der Waals surface area contributed by atoms with Gasteiger partial charge in [0.25, 0.3) is 0 Å². The van der Waals surface area contributed by atoms with Crippen LogP contribution < -0.4 is 19.1 Å². The van der Waals surface area contributed by atoms with Gasteiger partial charge in [0.2, 0.25) is 15.9 Å². The van der Waals surface area contributed by atoms with E-state index in [1.165, 1.54) is 7.11 Å². The number of hydrogen-bond donors (Lipinski definition) is 1. The second kappa shape index (κ2) is 10.9. The predicted octanol–water partition coefficient (Wildman–Crippen LogP) is 4.56. The first-order valence-electron chi connectivity index (χ1n) is 11.1. The third kappa shape index (κ3) is 6.19. The molecule has 8 heteroatoms. The van der Waals surface area contributed by atoms with Crippen molar-refractivity contribution in [3.05, 3.63) is 53.1 Å². The molecule has 2 atom stereocenters. The number of nitrogens with one attached hydrogen (secondary N) is 1. The van der Waals surface area contributed by atoms with E-state index in [9.17, 15) is 13.2 Å². The molecule has 0 unspecified atom stereocenters. The summed E-state index contributed by atoms with van der Waals surface area (Å²) in [7, 11) is -0.574. The van der Waals surface area contributed by atoms with Crippen molar-refractivity contribution in [3.63, 3.8) is 0 Å². The minimum absolute atomic E-state index is 0.249. The fourth-order valence-electron chi connectivity index (χ4n) is 4.01.